The topological polar surface area (TPSA) is 93.0 Å². The molecule has 8 nitrogen and oxygen atoms in total. The predicted octanol–water partition coefficient (Wildman–Crippen LogP) is 3.71. The van der Waals surface area contributed by atoms with Gasteiger partial charge in [0.25, 0.3) is 10.0 Å². The third-order valence-corrected chi connectivity index (χ3v) is 8.82. The van der Waals surface area contributed by atoms with Gasteiger partial charge in [0.1, 0.15) is 4.21 Å². The number of benzene rings is 1. The fraction of sp³-hybridized carbons (Fsp3) is 0.364. The monoisotopic (exact) mass is 475 g/mol. The molecule has 0 N–H and O–H groups in total. The van der Waals surface area contributed by atoms with Crippen molar-refractivity contribution < 1.29 is 22.5 Å². The molecule has 3 heterocycles. The Hall–Kier alpha value is -2.69. The zero-order valence-corrected chi connectivity index (χ0v) is 19.8. The first kappa shape index (κ1) is 22.5. The molecule has 0 spiro atoms. The second kappa shape index (κ2) is 9.05. The van der Waals surface area contributed by atoms with Gasteiger partial charge in [-0.3, -0.25) is 0 Å². The number of ether oxygens (including phenoxy) is 1. The Kier molecular flexibility index (Phi) is 6.36. The van der Waals surface area contributed by atoms with E-state index < -0.39 is 16.0 Å². The number of rotatable bonds is 6. The lowest BCUT2D eigenvalue weighted by Gasteiger charge is -2.36. The molecule has 1 fully saturated rings. The highest BCUT2D eigenvalue weighted by molar-refractivity contribution is 7.91. The number of carbonyl (C=O) groups excluding carboxylic acids is 1. The molecule has 1 aromatic carbocycles. The van der Waals surface area contributed by atoms with E-state index in [4.69, 9.17) is 9.26 Å². The largest absolute Gasteiger partial charge is 0.461 e. The molecule has 1 saturated heterocycles. The molecule has 0 bridgehead atoms. The third-order valence-electron chi connectivity index (χ3n) is 5.36. The highest BCUT2D eigenvalue weighted by atomic mass is 32.2. The normalized spacial score (nSPS) is 15.2. The van der Waals surface area contributed by atoms with Crippen LogP contribution in [0.25, 0.3) is 10.6 Å². The lowest BCUT2D eigenvalue weighted by molar-refractivity contribution is 0.0514. The van der Waals surface area contributed by atoms with Gasteiger partial charge < -0.3 is 14.2 Å². The molecule has 0 unspecified atom stereocenters. The Bertz CT molecular complexity index is 1220. The molecule has 170 valence electrons. The number of sulfonamides is 1. The molecule has 2 aromatic heterocycles. The van der Waals surface area contributed by atoms with Crippen molar-refractivity contribution in [2.45, 2.75) is 25.0 Å². The lowest BCUT2D eigenvalue weighted by atomic mass is 10.1. The highest BCUT2D eigenvalue weighted by Gasteiger charge is 2.30. The van der Waals surface area contributed by atoms with Crippen LogP contribution >= 0.6 is 11.3 Å². The summed E-state index contributed by atoms with van der Waals surface area (Å²) in [5.74, 6) is -0.243. The standard InChI is InChI=1S/C22H25N3O5S2/c1-4-29-22(26)17-14-19(30-23-17)20-7-8-21(31-20)32(27,28)25-11-9-24(10-12-25)18-13-15(2)5-6-16(18)3/h5-8,13-14H,4,9-12H2,1-3H3. The van der Waals surface area contributed by atoms with Crippen LogP contribution in [0.2, 0.25) is 0 Å². The van der Waals surface area contributed by atoms with Crippen molar-refractivity contribution in [3.8, 4) is 10.6 Å². The number of aryl methyl sites for hydroxylation is 2. The fourth-order valence-electron chi connectivity index (χ4n) is 3.64. The first-order valence-electron chi connectivity index (χ1n) is 10.4. The Morgan fingerprint density at radius 1 is 1.12 bits per heavy atom. The van der Waals surface area contributed by atoms with Gasteiger partial charge in [-0.1, -0.05) is 17.3 Å². The number of piperazine rings is 1. The van der Waals surface area contributed by atoms with Crippen molar-refractivity contribution in [3.63, 3.8) is 0 Å². The summed E-state index contributed by atoms with van der Waals surface area (Å²) in [6, 6.07) is 11.0. The van der Waals surface area contributed by atoms with Gasteiger partial charge >= 0.3 is 5.97 Å². The molecule has 0 radical (unpaired) electrons. The molecule has 0 saturated carbocycles. The minimum atomic E-state index is -3.62. The predicted molar refractivity (Wildman–Crippen MR) is 123 cm³/mol. The van der Waals surface area contributed by atoms with Crippen molar-refractivity contribution >= 4 is 33.0 Å². The van der Waals surface area contributed by atoms with E-state index in [1.165, 1.54) is 21.5 Å². The van der Waals surface area contributed by atoms with Crippen LogP contribution < -0.4 is 4.90 Å². The maximum atomic E-state index is 13.2. The maximum Gasteiger partial charge on any atom is 0.360 e. The summed E-state index contributed by atoms with van der Waals surface area (Å²) in [6.45, 7) is 8.16. The van der Waals surface area contributed by atoms with E-state index >= 15 is 0 Å². The molecular formula is C22H25N3O5S2. The average Bonchev–Trinajstić information content (AvgIpc) is 3.46. The van der Waals surface area contributed by atoms with Crippen LogP contribution in [0.15, 0.2) is 45.1 Å². The van der Waals surface area contributed by atoms with E-state index in [0.717, 1.165) is 17.0 Å². The number of carbonyl (C=O) groups is 1. The van der Waals surface area contributed by atoms with Crippen LogP contribution in [0.1, 0.15) is 28.5 Å². The lowest BCUT2D eigenvalue weighted by Crippen LogP contribution is -2.48. The summed E-state index contributed by atoms with van der Waals surface area (Å²) in [6.07, 6.45) is 0. The van der Waals surface area contributed by atoms with E-state index in [9.17, 15) is 13.2 Å². The molecule has 10 heteroatoms. The summed E-state index contributed by atoms with van der Waals surface area (Å²) in [4.78, 5) is 14.6. The Labute approximate surface area is 191 Å². The van der Waals surface area contributed by atoms with E-state index in [-0.39, 0.29) is 16.5 Å². The Balaban J connectivity index is 1.47. The summed E-state index contributed by atoms with van der Waals surface area (Å²) in [5.41, 5.74) is 3.58. The van der Waals surface area contributed by atoms with E-state index in [1.807, 2.05) is 0 Å². The fourth-order valence-corrected chi connectivity index (χ4v) is 6.47. The Morgan fingerprint density at radius 2 is 1.88 bits per heavy atom. The average molecular weight is 476 g/mol. The molecule has 1 aliphatic rings. The zero-order chi connectivity index (χ0) is 22.9. The maximum absolute atomic E-state index is 13.2. The molecule has 4 rings (SSSR count). The summed E-state index contributed by atoms with van der Waals surface area (Å²) in [5, 5.41) is 3.71. The van der Waals surface area contributed by atoms with Gasteiger partial charge in [0.2, 0.25) is 0 Å². The number of nitrogens with zero attached hydrogens (tertiary/aromatic N) is 3. The van der Waals surface area contributed by atoms with Gasteiger partial charge in [-0.15, -0.1) is 11.3 Å². The van der Waals surface area contributed by atoms with Crippen molar-refractivity contribution in [1.29, 1.82) is 0 Å². The van der Waals surface area contributed by atoms with Gasteiger partial charge in [0, 0.05) is 37.9 Å². The number of thiophene rings is 1. The van der Waals surface area contributed by atoms with Crippen molar-refractivity contribution in [2.75, 3.05) is 37.7 Å². The Morgan fingerprint density at radius 3 is 2.59 bits per heavy atom. The van der Waals surface area contributed by atoms with Crippen LogP contribution in [0.4, 0.5) is 5.69 Å². The second-order valence-corrected chi connectivity index (χ2v) is 10.8. The molecular weight excluding hydrogens is 450 g/mol. The van der Waals surface area contributed by atoms with Gasteiger partial charge in [-0.25, -0.2) is 13.2 Å². The summed E-state index contributed by atoms with van der Waals surface area (Å²) >= 11 is 1.10. The minimum absolute atomic E-state index is 0.0576. The number of hydrogen-bond acceptors (Lipinski definition) is 8. The first-order chi connectivity index (χ1) is 15.3. The van der Waals surface area contributed by atoms with Crippen LogP contribution in [-0.2, 0) is 14.8 Å². The summed E-state index contributed by atoms with van der Waals surface area (Å²) in [7, 11) is -3.62. The molecule has 0 aliphatic carbocycles. The van der Waals surface area contributed by atoms with Gasteiger partial charge in [-0.2, -0.15) is 4.31 Å². The molecule has 1 aliphatic heterocycles. The quantitative estimate of drug-likeness (QED) is 0.502. The summed E-state index contributed by atoms with van der Waals surface area (Å²) < 4.78 is 38.3. The van der Waals surface area contributed by atoms with Crippen molar-refractivity contribution in [1.82, 2.24) is 9.46 Å². The molecule has 0 amide bonds. The number of anilines is 1. The smallest absolute Gasteiger partial charge is 0.360 e. The van der Waals surface area contributed by atoms with Gasteiger partial charge in [-0.05, 0) is 50.1 Å². The number of esters is 1. The molecule has 0 atom stereocenters. The van der Waals surface area contributed by atoms with E-state index in [0.29, 0.717) is 36.8 Å². The number of hydrogen-bond donors (Lipinski definition) is 0. The SMILES string of the molecule is CCOC(=O)c1cc(-c2ccc(S(=O)(=O)N3CCN(c4cc(C)ccc4C)CC3)s2)on1. The van der Waals surface area contributed by atoms with Crippen LogP contribution in [0.5, 0.6) is 0 Å². The highest BCUT2D eigenvalue weighted by Crippen LogP contribution is 2.33. The second-order valence-electron chi connectivity index (χ2n) is 7.60. The molecule has 3 aromatic rings. The number of aromatic nitrogens is 1. The van der Waals surface area contributed by atoms with Crippen LogP contribution in [0.3, 0.4) is 0 Å². The van der Waals surface area contributed by atoms with Crippen LogP contribution in [0, 0.1) is 13.8 Å². The van der Waals surface area contributed by atoms with Gasteiger partial charge in [0.05, 0.1) is 11.5 Å². The zero-order valence-electron chi connectivity index (χ0n) is 18.2. The van der Waals surface area contributed by atoms with E-state index in [1.54, 1.807) is 19.1 Å². The van der Waals surface area contributed by atoms with Crippen molar-refractivity contribution in [3.05, 3.63) is 53.2 Å². The molecule has 32 heavy (non-hydrogen) atoms. The van der Waals surface area contributed by atoms with Gasteiger partial charge in [0.15, 0.2) is 11.5 Å². The first-order valence-corrected chi connectivity index (χ1v) is 12.6. The van der Waals surface area contributed by atoms with E-state index in [2.05, 4.69) is 42.1 Å². The van der Waals surface area contributed by atoms with Crippen LogP contribution in [-0.4, -0.2) is 56.6 Å². The minimum Gasteiger partial charge on any atom is -0.461 e. The third kappa shape index (κ3) is 4.43. The van der Waals surface area contributed by atoms with Crippen molar-refractivity contribution in [2.24, 2.45) is 0 Å².